The predicted octanol–water partition coefficient (Wildman–Crippen LogP) is 0.110. The number of ether oxygens (including phenoxy) is 1. The van der Waals surface area contributed by atoms with E-state index in [1.54, 1.807) is 21.0 Å². The molecule has 0 spiro atoms. The van der Waals surface area contributed by atoms with Crippen molar-refractivity contribution in [2.45, 2.75) is 30.7 Å². The molecule has 19 heavy (non-hydrogen) atoms. The van der Waals surface area contributed by atoms with E-state index >= 15 is 0 Å². The van der Waals surface area contributed by atoms with Gasteiger partial charge < -0.3 is 10.5 Å². The van der Waals surface area contributed by atoms with Gasteiger partial charge in [0.25, 0.3) is 0 Å². The summed E-state index contributed by atoms with van der Waals surface area (Å²) < 4.78 is 33.4. The molecule has 0 unspecified atom stereocenters. The molecule has 2 heterocycles. The van der Waals surface area contributed by atoms with Crippen molar-refractivity contribution >= 4 is 15.8 Å². The number of nitrogens with two attached hydrogens (primary N) is 1. The van der Waals surface area contributed by atoms with Crippen molar-refractivity contribution in [3.05, 3.63) is 5.69 Å². The van der Waals surface area contributed by atoms with Gasteiger partial charge in [0, 0.05) is 33.4 Å². The highest BCUT2D eigenvalue weighted by Gasteiger charge is 2.33. The number of aryl methyl sites for hydroxylation is 1. The minimum atomic E-state index is -3.61. The van der Waals surface area contributed by atoms with Crippen LogP contribution in [0.4, 0.5) is 5.82 Å². The third kappa shape index (κ3) is 2.47. The van der Waals surface area contributed by atoms with Gasteiger partial charge in [-0.2, -0.15) is 9.40 Å². The zero-order valence-electron chi connectivity index (χ0n) is 11.5. The maximum Gasteiger partial charge on any atom is 0.248 e. The van der Waals surface area contributed by atoms with E-state index in [0.717, 1.165) is 0 Å². The summed E-state index contributed by atoms with van der Waals surface area (Å²) in [6.45, 7) is 2.88. The summed E-state index contributed by atoms with van der Waals surface area (Å²) in [5.74, 6) is 0.0545. The summed E-state index contributed by atoms with van der Waals surface area (Å²) in [5, 5.41) is 3.97. The van der Waals surface area contributed by atoms with Crippen molar-refractivity contribution in [1.29, 1.82) is 0 Å². The molecule has 1 saturated heterocycles. The van der Waals surface area contributed by atoms with Gasteiger partial charge in [0.05, 0.1) is 5.69 Å². The van der Waals surface area contributed by atoms with Crippen molar-refractivity contribution < 1.29 is 13.2 Å². The van der Waals surface area contributed by atoms with Crippen LogP contribution in [0.25, 0.3) is 0 Å². The maximum atomic E-state index is 12.6. The third-order valence-corrected chi connectivity index (χ3v) is 5.72. The summed E-state index contributed by atoms with van der Waals surface area (Å²) in [6, 6.07) is -0.0437. The second kappa shape index (κ2) is 5.10. The highest BCUT2D eigenvalue weighted by atomic mass is 32.2. The van der Waals surface area contributed by atoms with Gasteiger partial charge in [0.1, 0.15) is 4.90 Å². The largest absolute Gasteiger partial charge is 0.381 e. The number of rotatable bonds is 3. The van der Waals surface area contributed by atoms with E-state index in [4.69, 9.17) is 10.5 Å². The molecule has 0 aromatic carbocycles. The zero-order chi connectivity index (χ0) is 14.2. The number of hydrogen-bond donors (Lipinski definition) is 1. The first-order valence-corrected chi connectivity index (χ1v) is 7.64. The Hall–Kier alpha value is -1.12. The second-order valence-electron chi connectivity index (χ2n) is 4.79. The molecule has 108 valence electrons. The van der Waals surface area contributed by atoms with Gasteiger partial charge in [-0.1, -0.05) is 0 Å². The van der Waals surface area contributed by atoms with Crippen molar-refractivity contribution in [3.8, 4) is 0 Å². The SMILES string of the molecule is Cc1c(S(=O)(=O)N(C)C2CCOCC2)c(N)nn1C. The van der Waals surface area contributed by atoms with Gasteiger partial charge in [0.15, 0.2) is 5.82 Å². The molecular formula is C11H20N4O3S. The molecule has 2 N–H and O–H groups in total. The van der Waals surface area contributed by atoms with Crippen LogP contribution in [0.15, 0.2) is 4.90 Å². The lowest BCUT2D eigenvalue weighted by molar-refractivity contribution is 0.0632. The van der Waals surface area contributed by atoms with E-state index in [1.165, 1.54) is 8.99 Å². The van der Waals surface area contributed by atoms with Crippen molar-refractivity contribution in [1.82, 2.24) is 14.1 Å². The monoisotopic (exact) mass is 288 g/mol. The number of nitrogen functional groups attached to an aromatic ring is 1. The first-order valence-electron chi connectivity index (χ1n) is 6.20. The molecule has 0 radical (unpaired) electrons. The number of aromatic nitrogens is 2. The number of anilines is 1. The van der Waals surface area contributed by atoms with Gasteiger partial charge in [-0.15, -0.1) is 0 Å². The van der Waals surface area contributed by atoms with Crippen molar-refractivity contribution in [3.63, 3.8) is 0 Å². The average Bonchev–Trinajstić information content (AvgIpc) is 2.63. The molecule has 1 aromatic heterocycles. The molecule has 1 fully saturated rings. The minimum absolute atomic E-state index is 0.0437. The van der Waals surface area contributed by atoms with Gasteiger partial charge in [-0.25, -0.2) is 8.42 Å². The summed E-state index contributed by atoms with van der Waals surface area (Å²) >= 11 is 0. The molecule has 0 saturated carbocycles. The topological polar surface area (TPSA) is 90.4 Å². The first-order chi connectivity index (χ1) is 8.85. The average molecular weight is 288 g/mol. The van der Waals surface area contributed by atoms with Crippen LogP contribution in [0.5, 0.6) is 0 Å². The van der Waals surface area contributed by atoms with Gasteiger partial charge >= 0.3 is 0 Å². The molecule has 7 nitrogen and oxygen atoms in total. The summed E-state index contributed by atoms with van der Waals surface area (Å²) in [5.41, 5.74) is 6.29. The van der Waals surface area contributed by atoms with Crippen LogP contribution >= 0.6 is 0 Å². The van der Waals surface area contributed by atoms with E-state index in [9.17, 15) is 8.42 Å². The Morgan fingerprint density at radius 3 is 2.47 bits per heavy atom. The Morgan fingerprint density at radius 1 is 1.42 bits per heavy atom. The van der Waals surface area contributed by atoms with E-state index in [-0.39, 0.29) is 16.8 Å². The molecule has 1 aromatic rings. The summed E-state index contributed by atoms with van der Waals surface area (Å²) in [6.07, 6.45) is 1.41. The molecule has 2 rings (SSSR count). The van der Waals surface area contributed by atoms with Crippen LogP contribution in [-0.2, 0) is 21.8 Å². The summed E-state index contributed by atoms with van der Waals surface area (Å²) in [7, 11) is -0.336. The Labute approximate surface area is 113 Å². The van der Waals surface area contributed by atoms with Crippen LogP contribution in [0.1, 0.15) is 18.5 Å². The Bertz CT molecular complexity index is 561. The molecule has 0 amide bonds. The number of sulfonamides is 1. The Morgan fingerprint density at radius 2 is 2.00 bits per heavy atom. The first kappa shape index (κ1) is 14.3. The smallest absolute Gasteiger partial charge is 0.248 e. The Balaban J connectivity index is 2.36. The second-order valence-corrected chi connectivity index (χ2v) is 6.72. The third-order valence-electron chi connectivity index (χ3n) is 3.65. The molecule has 0 atom stereocenters. The van der Waals surface area contributed by atoms with E-state index in [1.807, 2.05) is 0 Å². The highest BCUT2D eigenvalue weighted by molar-refractivity contribution is 7.89. The fourth-order valence-corrected chi connectivity index (χ4v) is 4.02. The van der Waals surface area contributed by atoms with E-state index in [0.29, 0.717) is 31.7 Å². The van der Waals surface area contributed by atoms with Crippen molar-refractivity contribution in [2.75, 3.05) is 26.0 Å². The van der Waals surface area contributed by atoms with Crippen molar-refractivity contribution in [2.24, 2.45) is 7.05 Å². The normalized spacial score (nSPS) is 18.1. The lowest BCUT2D eigenvalue weighted by Crippen LogP contribution is -2.40. The highest BCUT2D eigenvalue weighted by Crippen LogP contribution is 2.27. The van der Waals surface area contributed by atoms with Crippen LogP contribution in [0.3, 0.4) is 0 Å². The molecule has 1 aliphatic rings. The molecule has 1 aliphatic heterocycles. The van der Waals surface area contributed by atoms with Crippen LogP contribution < -0.4 is 5.73 Å². The lowest BCUT2D eigenvalue weighted by atomic mass is 10.1. The Kier molecular flexibility index (Phi) is 3.84. The number of hydrogen-bond acceptors (Lipinski definition) is 5. The quantitative estimate of drug-likeness (QED) is 0.852. The fourth-order valence-electron chi connectivity index (χ4n) is 2.32. The van der Waals surface area contributed by atoms with Gasteiger partial charge in [-0.3, -0.25) is 4.68 Å². The van der Waals surface area contributed by atoms with Gasteiger partial charge in [0.2, 0.25) is 10.0 Å². The minimum Gasteiger partial charge on any atom is -0.381 e. The molecule has 0 aliphatic carbocycles. The number of nitrogens with zero attached hydrogens (tertiary/aromatic N) is 3. The molecular weight excluding hydrogens is 268 g/mol. The van der Waals surface area contributed by atoms with E-state index < -0.39 is 10.0 Å². The summed E-state index contributed by atoms with van der Waals surface area (Å²) in [4.78, 5) is 0.115. The van der Waals surface area contributed by atoms with Crippen LogP contribution in [0.2, 0.25) is 0 Å². The molecule has 8 heteroatoms. The fraction of sp³-hybridized carbons (Fsp3) is 0.727. The lowest BCUT2D eigenvalue weighted by Gasteiger charge is -2.30. The maximum absolute atomic E-state index is 12.6. The zero-order valence-corrected chi connectivity index (χ0v) is 12.3. The predicted molar refractivity (Wildman–Crippen MR) is 71.1 cm³/mol. The van der Waals surface area contributed by atoms with Crippen LogP contribution in [0, 0.1) is 6.92 Å². The van der Waals surface area contributed by atoms with Crippen LogP contribution in [-0.4, -0.2) is 48.8 Å². The van der Waals surface area contributed by atoms with Gasteiger partial charge in [-0.05, 0) is 19.8 Å². The van der Waals surface area contributed by atoms with E-state index in [2.05, 4.69) is 5.10 Å². The molecule has 0 bridgehead atoms. The standard InChI is InChI=1S/C11H20N4O3S/c1-8-10(11(12)13-14(8)2)19(16,17)15(3)9-4-6-18-7-5-9/h9H,4-7H2,1-3H3,(H2,12,13).